The van der Waals surface area contributed by atoms with Gasteiger partial charge in [0.15, 0.2) is 0 Å². The van der Waals surface area contributed by atoms with E-state index in [0.29, 0.717) is 16.8 Å². The number of halogens is 3. The Morgan fingerprint density at radius 3 is 2.33 bits per heavy atom. The van der Waals surface area contributed by atoms with Crippen LogP contribution in [0.1, 0.15) is 5.56 Å². The lowest BCUT2D eigenvalue weighted by Gasteiger charge is -2.11. The summed E-state index contributed by atoms with van der Waals surface area (Å²) in [5.74, 6) is 5.34. The van der Waals surface area contributed by atoms with Crippen LogP contribution in [-0.4, -0.2) is 0 Å². The van der Waals surface area contributed by atoms with Gasteiger partial charge in [-0.1, -0.05) is 30.3 Å². The number of hydrogen-bond donors (Lipinski definition) is 2. The summed E-state index contributed by atoms with van der Waals surface area (Å²) >= 11 is 0. The molecule has 0 aliphatic rings. The molecule has 2 aromatic rings. The van der Waals surface area contributed by atoms with Crippen molar-refractivity contribution in [3.05, 3.63) is 54.1 Å². The molecule has 2 rings (SSSR count). The van der Waals surface area contributed by atoms with Crippen molar-refractivity contribution >= 4 is 5.69 Å². The average Bonchev–Trinajstić information content (AvgIpc) is 2.38. The van der Waals surface area contributed by atoms with E-state index in [9.17, 15) is 13.2 Å². The second-order valence-corrected chi connectivity index (χ2v) is 3.77. The molecule has 0 aliphatic carbocycles. The molecular weight excluding hydrogens is 241 g/mol. The quantitative estimate of drug-likeness (QED) is 0.632. The molecule has 2 aromatic carbocycles. The number of alkyl halides is 3. The van der Waals surface area contributed by atoms with Crippen molar-refractivity contribution in [2.45, 2.75) is 6.18 Å². The van der Waals surface area contributed by atoms with Gasteiger partial charge in [0.2, 0.25) is 0 Å². The highest BCUT2D eigenvalue weighted by atomic mass is 19.4. The molecule has 2 nitrogen and oxygen atoms in total. The molecule has 5 heteroatoms. The van der Waals surface area contributed by atoms with Gasteiger partial charge >= 0.3 is 6.18 Å². The average molecular weight is 252 g/mol. The molecule has 0 saturated carbocycles. The molecule has 0 radical (unpaired) electrons. The van der Waals surface area contributed by atoms with E-state index in [2.05, 4.69) is 5.43 Å². The molecule has 0 aliphatic heterocycles. The zero-order valence-electron chi connectivity index (χ0n) is 9.33. The van der Waals surface area contributed by atoms with Crippen molar-refractivity contribution < 1.29 is 13.2 Å². The topological polar surface area (TPSA) is 38.0 Å². The Morgan fingerprint density at radius 2 is 1.67 bits per heavy atom. The van der Waals surface area contributed by atoms with E-state index in [1.54, 1.807) is 30.3 Å². The Hall–Kier alpha value is -2.01. The second kappa shape index (κ2) is 4.70. The Balaban J connectivity index is 2.51. The lowest BCUT2D eigenvalue weighted by Crippen LogP contribution is -2.08. The van der Waals surface area contributed by atoms with Crippen LogP contribution in [0.5, 0.6) is 0 Å². The number of para-hydroxylation sites is 1. The number of nitrogens with two attached hydrogens (primary N) is 1. The maximum atomic E-state index is 12.6. The summed E-state index contributed by atoms with van der Waals surface area (Å²) in [6.07, 6.45) is -4.35. The molecule has 0 amide bonds. The highest BCUT2D eigenvalue weighted by Crippen LogP contribution is 2.34. The standard InChI is InChI=1S/C13H11F3N2/c14-13(15,16)10-5-3-4-9(8-10)11-6-1-2-7-12(11)18-17/h1-8,18H,17H2. The van der Waals surface area contributed by atoms with Crippen LogP contribution < -0.4 is 11.3 Å². The highest BCUT2D eigenvalue weighted by molar-refractivity contribution is 5.77. The molecule has 0 unspecified atom stereocenters. The summed E-state index contributed by atoms with van der Waals surface area (Å²) in [4.78, 5) is 0. The molecule has 18 heavy (non-hydrogen) atoms. The van der Waals surface area contributed by atoms with Gasteiger partial charge in [-0.15, -0.1) is 0 Å². The Morgan fingerprint density at radius 1 is 0.944 bits per heavy atom. The van der Waals surface area contributed by atoms with Crippen LogP contribution in [-0.2, 0) is 6.18 Å². The molecule has 0 saturated heterocycles. The molecule has 0 bridgehead atoms. The third-order valence-corrected chi connectivity index (χ3v) is 2.58. The van der Waals surface area contributed by atoms with Gasteiger partial charge in [-0.2, -0.15) is 13.2 Å². The summed E-state index contributed by atoms with van der Waals surface area (Å²) in [5, 5.41) is 0. The normalized spacial score (nSPS) is 11.3. The first kappa shape index (κ1) is 12.4. The number of rotatable bonds is 2. The minimum atomic E-state index is -4.35. The SMILES string of the molecule is NNc1ccccc1-c1cccc(C(F)(F)F)c1. The number of nitrogen functional groups attached to an aromatic ring is 1. The predicted octanol–water partition coefficient (Wildman–Crippen LogP) is 3.66. The third kappa shape index (κ3) is 2.46. The van der Waals surface area contributed by atoms with Gasteiger partial charge in [-0.25, -0.2) is 0 Å². The zero-order valence-corrected chi connectivity index (χ0v) is 9.33. The third-order valence-electron chi connectivity index (χ3n) is 2.58. The number of benzene rings is 2. The maximum absolute atomic E-state index is 12.6. The van der Waals surface area contributed by atoms with E-state index < -0.39 is 11.7 Å². The van der Waals surface area contributed by atoms with Crippen molar-refractivity contribution in [1.29, 1.82) is 0 Å². The number of hydrazine groups is 1. The molecule has 3 N–H and O–H groups in total. The highest BCUT2D eigenvalue weighted by Gasteiger charge is 2.30. The molecule has 0 spiro atoms. The van der Waals surface area contributed by atoms with Gasteiger partial charge in [0.05, 0.1) is 11.3 Å². The van der Waals surface area contributed by atoms with Gasteiger partial charge < -0.3 is 5.43 Å². The summed E-state index contributed by atoms with van der Waals surface area (Å²) in [6, 6.07) is 12.1. The molecule has 0 fully saturated rings. The first-order valence-electron chi connectivity index (χ1n) is 5.25. The van der Waals surface area contributed by atoms with Crippen molar-refractivity contribution in [2.24, 2.45) is 5.84 Å². The van der Waals surface area contributed by atoms with E-state index in [-0.39, 0.29) is 0 Å². The monoisotopic (exact) mass is 252 g/mol. The van der Waals surface area contributed by atoms with Crippen LogP contribution in [0.4, 0.5) is 18.9 Å². The van der Waals surface area contributed by atoms with E-state index >= 15 is 0 Å². The van der Waals surface area contributed by atoms with E-state index in [0.717, 1.165) is 12.1 Å². The van der Waals surface area contributed by atoms with E-state index in [4.69, 9.17) is 5.84 Å². The van der Waals surface area contributed by atoms with Crippen molar-refractivity contribution in [3.63, 3.8) is 0 Å². The largest absolute Gasteiger partial charge is 0.416 e. The number of anilines is 1. The summed E-state index contributed by atoms with van der Waals surface area (Å²) in [6.45, 7) is 0. The smallest absolute Gasteiger partial charge is 0.324 e. The summed E-state index contributed by atoms with van der Waals surface area (Å²) in [7, 11) is 0. The number of nitrogens with one attached hydrogen (secondary N) is 1. The fourth-order valence-corrected chi connectivity index (χ4v) is 1.72. The lowest BCUT2D eigenvalue weighted by molar-refractivity contribution is -0.137. The van der Waals surface area contributed by atoms with Crippen LogP contribution in [0.15, 0.2) is 48.5 Å². The molecule has 0 heterocycles. The van der Waals surface area contributed by atoms with Crippen LogP contribution in [0.25, 0.3) is 11.1 Å². The van der Waals surface area contributed by atoms with Crippen LogP contribution >= 0.6 is 0 Å². The second-order valence-electron chi connectivity index (χ2n) is 3.77. The summed E-state index contributed by atoms with van der Waals surface area (Å²) in [5.41, 5.74) is 3.48. The minimum Gasteiger partial charge on any atom is -0.324 e. The molecule has 0 aromatic heterocycles. The first-order chi connectivity index (χ1) is 8.52. The van der Waals surface area contributed by atoms with Gasteiger partial charge in [-0.05, 0) is 23.8 Å². The van der Waals surface area contributed by atoms with E-state index in [1.165, 1.54) is 6.07 Å². The van der Waals surface area contributed by atoms with Crippen molar-refractivity contribution in [3.8, 4) is 11.1 Å². The molecular formula is C13H11F3N2. The first-order valence-corrected chi connectivity index (χ1v) is 5.25. The Kier molecular flexibility index (Phi) is 3.25. The van der Waals surface area contributed by atoms with Gasteiger partial charge in [-0.3, -0.25) is 5.84 Å². The predicted molar refractivity (Wildman–Crippen MR) is 64.7 cm³/mol. The van der Waals surface area contributed by atoms with Gasteiger partial charge in [0.25, 0.3) is 0 Å². The molecule has 94 valence electrons. The van der Waals surface area contributed by atoms with Crippen molar-refractivity contribution in [1.82, 2.24) is 0 Å². The van der Waals surface area contributed by atoms with Crippen LogP contribution in [0.3, 0.4) is 0 Å². The fourth-order valence-electron chi connectivity index (χ4n) is 1.72. The summed E-state index contributed by atoms with van der Waals surface area (Å²) < 4.78 is 37.9. The van der Waals surface area contributed by atoms with Gasteiger partial charge in [0.1, 0.15) is 0 Å². The lowest BCUT2D eigenvalue weighted by atomic mass is 10.0. The Bertz CT molecular complexity index is 550. The van der Waals surface area contributed by atoms with E-state index in [1.807, 2.05) is 0 Å². The van der Waals surface area contributed by atoms with Crippen molar-refractivity contribution in [2.75, 3.05) is 5.43 Å². The number of hydrogen-bond acceptors (Lipinski definition) is 2. The minimum absolute atomic E-state index is 0.471. The fraction of sp³-hybridized carbons (Fsp3) is 0.0769. The Labute approximate surface area is 102 Å². The van der Waals surface area contributed by atoms with Gasteiger partial charge in [0, 0.05) is 5.56 Å². The maximum Gasteiger partial charge on any atom is 0.416 e. The van der Waals surface area contributed by atoms with Crippen LogP contribution in [0.2, 0.25) is 0 Å². The zero-order chi connectivity index (χ0) is 13.2. The van der Waals surface area contributed by atoms with Crippen LogP contribution in [0, 0.1) is 0 Å². The molecule has 0 atom stereocenters.